The SMILES string of the molecule is CC(C)C(=O)Nc1nnc(SCc2ccccc2C(F)(F)F)s1. The Morgan fingerprint density at radius 2 is 2.00 bits per heavy atom. The molecule has 4 nitrogen and oxygen atoms in total. The number of anilines is 1. The summed E-state index contributed by atoms with van der Waals surface area (Å²) in [6, 6.07) is 5.43. The van der Waals surface area contributed by atoms with E-state index in [0.29, 0.717) is 9.47 Å². The Bertz CT molecular complexity index is 686. The highest BCUT2D eigenvalue weighted by Crippen LogP contribution is 2.35. The number of amides is 1. The predicted molar refractivity (Wildman–Crippen MR) is 84.4 cm³/mol. The van der Waals surface area contributed by atoms with Gasteiger partial charge in [-0.3, -0.25) is 4.79 Å². The first-order valence-electron chi connectivity index (χ1n) is 6.69. The first kappa shape index (κ1) is 17.7. The molecule has 0 saturated carbocycles. The third kappa shape index (κ3) is 4.93. The van der Waals surface area contributed by atoms with Gasteiger partial charge < -0.3 is 5.32 Å². The van der Waals surface area contributed by atoms with Crippen LogP contribution in [-0.2, 0) is 16.7 Å². The summed E-state index contributed by atoms with van der Waals surface area (Å²) in [6.45, 7) is 3.50. The highest BCUT2D eigenvalue weighted by atomic mass is 32.2. The van der Waals surface area contributed by atoms with E-state index in [1.165, 1.54) is 12.1 Å². The molecule has 0 fully saturated rings. The molecule has 124 valence electrons. The number of carbonyl (C=O) groups excluding carboxylic acids is 1. The van der Waals surface area contributed by atoms with Gasteiger partial charge in [-0.1, -0.05) is 55.1 Å². The van der Waals surface area contributed by atoms with Crippen molar-refractivity contribution in [1.82, 2.24) is 10.2 Å². The van der Waals surface area contributed by atoms with Gasteiger partial charge in [0.1, 0.15) is 0 Å². The minimum absolute atomic E-state index is 0.127. The zero-order valence-electron chi connectivity index (χ0n) is 12.3. The Balaban J connectivity index is 2.03. The van der Waals surface area contributed by atoms with Crippen LogP contribution in [0.25, 0.3) is 0 Å². The summed E-state index contributed by atoms with van der Waals surface area (Å²) >= 11 is 2.29. The summed E-state index contributed by atoms with van der Waals surface area (Å²) in [5.41, 5.74) is -0.460. The van der Waals surface area contributed by atoms with Gasteiger partial charge in [-0.2, -0.15) is 13.2 Å². The monoisotopic (exact) mass is 361 g/mol. The molecule has 9 heteroatoms. The van der Waals surface area contributed by atoms with E-state index in [1.54, 1.807) is 19.9 Å². The van der Waals surface area contributed by atoms with Gasteiger partial charge in [0, 0.05) is 11.7 Å². The molecule has 1 amide bonds. The number of nitrogens with zero attached hydrogens (tertiary/aromatic N) is 2. The summed E-state index contributed by atoms with van der Waals surface area (Å²) in [5, 5.41) is 10.6. The summed E-state index contributed by atoms with van der Waals surface area (Å²) in [4.78, 5) is 11.6. The smallest absolute Gasteiger partial charge is 0.300 e. The van der Waals surface area contributed by atoms with Crippen LogP contribution in [0, 0.1) is 5.92 Å². The molecule has 0 unspecified atom stereocenters. The molecular formula is C14H14F3N3OS2. The number of alkyl halides is 3. The average Bonchev–Trinajstić information content (AvgIpc) is 2.92. The molecule has 0 bridgehead atoms. The molecule has 0 saturated heterocycles. The molecule has 23 heavy (non-hydrogen) atoms. The fourth-order valence-corrected chi connectivity index (χ4v) is 3.39. The van der Waals surface area contributed by atoms with E-state index in [4.69, 9.17) is 0 Å². The van der Waals surface area contributed by atoms with E-state index in [2.05, 4.69) is 15.5 Å². The van der Waals surface area contributed by atoms with E-state index < -0.39 is 11.7 Å². The number of benzene rings is 1. The number of thioether (sulfide) groups is 1. The number of halogens is 3. The van der Waals surface area contributed by atoms with Gasteiger partial charge in [0.05, 0.1) is 5.56 Å². The van der Waals surface area contributed by atoms with Gasteiger partial charge >= 0.3 is 6.18 Å². The van der Waals surface area contributed by atoms with Gasteiger partial charge in [-0.25, -0.2) is 0 Å². The lowest BCUT2D eigenvalue weighted by Crippen LogP contribution is -2.17. The van der Waals surface area contributed by atoms with E-state index >= 15 is 0 Å². The van der Waals surface area contributed by atoms with Crippen LogP contribution < -0.4 is 5.32 Å². The molecule has 2 aromatic rings. The first-order chi connectivity index (χ1) is 10.8. The maximum Gasteiger partial charge on any atom is 0.416 e. The van der Waals surface area contributed by atoms with Gasteiger partial charge in [0.2, 0.25) is 11.0 Å². The average molecular weight is 361 g/mol. The van der Waals surface area contributed by atoms with Gasteiger partial charge in [-0.15, -0.1) is 10.2 Å². The Hall–Kier alpha value is -1.61. The van der Waals surface area contributed by atoms with Crippen LogP contribution in [0.15, 0.2) is 28.6 Å². The van der Waals surface area contributed by atoms with Crippen LogP contribution in [0.3, 0.4) is 0 Å². The predicted octanol–water partition coefficient (Wildman–Crippen LogP) is 4.44. The largest absolute Gasteiger partial charge is 0.416 e. The number of nitrogens with one attached hydrogen (secondary N) is 1. The summed E-state index contributed by atoms with van der Waals surface area (Å²) in [7, 11) is 0. The number of aromatic nitrogens is 2. The minimum atomic E-state index is -4.38. The minimum Gasteiger partial charge on any atom is -0.300 e. The zero-order valence-corrected chi connectivity index (χ0v) is 14.0. The van der Waals surface area contributed by atoms with E-state index in [1.807, 2.05) is 0 Å². The Kier molecular flexibility index (Phi) is 5.64. The maximum atomic E-state index is 12.9. The van der Waals surface area contributed by atoms with E-state index in [9.17, 15) is 18.0 Å². The lowest BCUT2D eigenvalue weighted by atomic mass is 10.1. The Labute approximate surface area is 139 Å². The lowest BCUT2D eigenvalue weighted by Gasteiger charge is -2.11. The fourth-order valence-electron chi connectivity index (χ4n) is 1.63. The molecule has 0 atom stereocenters. The molecule has 0 spiro atoms. The standard InChI is InChI=1S/C14H14F3N3OS2/c1-8(2)11(21)18-12-19-20-13(23-12)22-7-9-5-3-4-6-10(9)14(15,16)17/h3-6,8H,7H2,1-2H3,(H,18,19,21). The molecule has 2 rings (SSSR count). The van der Waals surface area contributed by atoms with Crippen molar-refractivity contribution in [2.75, 3.05) is 5.32 Å². The summed E-state index contributed by atoms with van der Waals surface area (Å²) < 4.78 is 39.2. The van der Waals surface area contributed by atoms with E-state index in [-0.39, 0.29) is 23.1 Å². The van der Waals surface area contributed by atoms with Crippen LogP contribution in [0.5, 0.6) is 0 Å². The second-order valence-electron chi connectivity index (χ2n) is 4.96. The van der Waals surface area contributed by atoms with Crippen LogP contribution in [-0.4, -0.2) is 16.1 Å². The molecule has 0 aliphatic rings. The van der Waals surface area contributed by atoms with Crippen molar-refractivity contribution in [3.8, 4) is 0 Å². The molecule has 1 aromatic heterocycles. The Morgan fingerprint density at radius 1 is 1.30 bits per heavy atom. The summed E-state index contributed by atoms with van der Waals surface area (Å²) in [5.74, 6) is -0.239. The fraction of sp³-hybridized carbons (Fsp3) is 0.357. The van der Waals surface area contributed by atoms with Crippen LogP contribution in [0.2, 0.25) is 0 Å². The van der Waals surface area contributed by atoms with Crippen molar-refractivity contribution in [1.29, 1.82) is 0 Å². The molecule has 1 N–H and O–H groups in total. The highest BCUT2D eigenvalue weighted by molar-refractivity contribution is 8.00. The highest BCUT2D eigenvalue weighted by Gasteiger charge is 2.32. The second kappa shape index (κ2) is 7.31. The Morgan fingerprint density at radius 3 is 2.65 bits per heavy atom. The third-order valence-corrected chi connectivity index (χ3v) is 4.86. The molecule has 1 heterocycles. The number of hydrogen-bond acceptors (Lipinski definition) is 5. The van der Waals surface area contributed by atoms with Crippen molar-refractivity contribution in [2.24, 2.45) is 5.92 Å². The van der Waals surface area contributed by atoms with Crippen molar-refractivity contribution in [3.63, 3.8) is 0 Å². The lowest BCUT2D eigenvalue weighted by molar-refractivity contribution is -0.138. The van der Waals surface area contributed by atoms with Crippen molar-refractivity contribution in [2.45, 2.75) is 30.1 Å². The topological polar surface area (TPSA) is 54.9 Å². The third-order valence-electron chi connectivity index (χ3n) is 2.83. The normalized spacial score (nSPS) is 11.7. The quantitative estimate of drug-likeness (QED) is 0.632. The van der Waals surface area contributed by atoms with Crippen LogP contribution in [0.1, 0.15) is 25.0 Å². The molecule has 0 radical (unpaired) electrons. The van der Waals surface area contributed by atoms with Crippen LogP contribution >= 0.6 is 23.1 Å². The van der Waals surface area contributed by atoms with Gasteiger partial charge in [0.15, 0.2) is 4.34 Å². The van der Waals surface area contributed by atoms with Gasteiger partial charge in [-0.05, 0) is 11.6 Å². The van der Waals surface area contributed by atoms with Crippen LogP contribution in [0.4, 0.5) is 18.3 Å². The second-order valence-corrected chi connectivity index (χ2v) is 7.16. The van der Waals surface area contributed by atoms with Crippen molar-refractivity contribution < 1.29 is 18.0 Å². The zero-order chi connectivity index (χ0) is 17.0. The van der Waals surface area contributed by atoms with Crippen molar-refractivity contribution >= 4 is 34.1 Å². The number of rotatable bonds is 5. The van der Waals surface area contributed by atoms with Crippen molar-refractivity contribution in [3.05, 3.63) is 35.4 Å². The number of hydrogen-bond donors (Lipinski definition) is 1. The number of carbonyl (C=O) groups is 1. The molecular weight excluding hydrogens is 347 g/mol. The maximum absolute atomic E-state index is 12.9. The summed E-state index contributed by atoms with van der Waals surface area (Å²) in [6.07, 6.45) is -4.38. The first-order valence-corrected chi connectivity index (χ1v) is 8.50. The van der Waals surface area contributed by atoms with Gasteiger partial charge in [0.25, 0.3) is 0 Å². The molecule has 1 aromatic carbocycles. The van der Waals surface area contributed by atoms with E-state index in [0.717, 1.165) is 29.2 Å². The molecule has 0 aliphatic heterocycles. The molecule has 0 aliphatic carbocycles.